The first-order valence-electron chi connectivity index (χ1n) is 5.72. The van der Waals surface area contributed by atoms with Gasteiger partial charge in [-0.05, 0) is 31.9 Å². The van der Waals surface area contributed by atoms with Crippen LogP contribution in [0.2, 0.25) is 0 Å². The molecule has 0 saturated heterocycles. The molecule has 0 aliphatic heterocycles. The van der Waals surface area contributed by atoms with Crippen molar-refractivity contribution in [3.63, 3.8) is 0 Å². The largest absolute Gasteiger partial charge is 0.361 e. The molecule has 0 bridgehead atoms. The Morgan fingerprint density at radius 3 is 2.71 bits per heavy atom. The van der Waals surface area contributed by atoms with Gasteiger partial charge in [0.05, 0.1) is 0 Å². The predicted octanol–water partition coefficient (Wildman–Crippen LogP) is 2.75. The number of aromatic nitrogens is 1. The fourth-order valence-corrected chi connectivity index (χ4v) is 2.23. The summed E-state index contributed by atoms with van der Waals surface area (Å²) in [5.74, 6) is 0. The molecule has 14 heavy (non-hydrogen) atoms. The van der Waals surface area contributed by atoms with Gasteiger partial charge in [0.15, 0.2) is 0 Å². The third kappa shape index (κ3) is 2.61. The second-order valence-electron chi connectivity index (χ2n) is 4.38. The first-order chi connectivity index (χ1) is 6.84. The van der Waals surface area contributed by atoms with Gasteiger partial charge in [0, 0.05) is 24.0 Å². The highest BCUT2D eigenvalue weighted by molar-refractivity contribution is 5.11. The van der Waals surface area contributed by atoms with Crippen molar-refractivity contribution in [3.8, 4) is 0 Å². The molecule has 0 atom stereocenters. The van der Waals surface area contributed by atoms with E-state index >= 15 is 0 Å². The van der Waals surface area contributed by atoms with Crippen LogP contribution in [0.4, 0.5) is 0 Å². The lowest BCUT2D eigenvalue weighted by atomic mass is 9.95. The molecule has 1 fully saturated rings. The molecule has 1 aromatic rings. The van der Waals surface area contributed by atoms with Crippen LogP contribution in [0, 0.1) is 6.92 Å². The van der Waals surface area contributed by atoms with Crippen molar-refractivity contribution in [1.82, 2.24) is 10.3 Å². The Morgan fingerprint density at radius 2 is 2.07 bits per heavy atom. The van der Waals surface area contributed by atoms with Crippen molar-refractivity contribution >= 4 is 0 Å². The van der Waals surface area contributed by atoms with E-state index in [1.807, 2.05) is 0 Å². The van der Waals surface area contributed by atoms with Crippen LogP contribution >= 0.6 is 0 Å². The summed E-state index contributed by atoms with van der Waals surface area (Å²) in [5.41, 5.74) is 2.57. The van der Waals surface area contributed by atoms with E-state index in [4.69, 9.17) is 0 Å². The molecular formula is C12H20N2. The first kappa shape index (κ1) is 9.78. The number of aromatic amines is 1. The van der Waals surface area contributed by atoms with Gasteiger partial charge in [0.2, 0.25) is 0 Å². The molecule has 2 N–H and O–H groups in total. The number of hydrogen-bond acceptors (Lipinski definition) is 1. The van der Waals surface area contributed by atoms with E-state index < -0.39 is 0 Å². The Hall–Kier alpha value is -0.760. The molecule has 1 saturated carbocycles. The zero-order valence-electron chi connectivity index (χ0n) is 8.97. The van der Waals surface area contributed by atoms with Gasteiger partial charge < -0.3 is 10.3 Å². The van der Waals surface area contributed by atoms with Gasteiger partial charge in [-0.25, -0.2) is 0 Å². The van der Waals surface area contributed by atoms with Gasteiger partial charge >= 0.3 is 0 Å². The molecule has 1 heterocycles. The SMILES string of the molecule is Cc1ccc(CNC2CCCCC2)[nH]1. The molecule has 0 amide bonds. The van der Waals surface area contributed by atoms with Crippen LogP contribution in [0.1, 0.15) is 43.5 Å². The predicted molar refractivity (Wildman–Crippen MR) is 59.2 cm³/mol. The maximum Gasteiger partial charge on any atom is 0.0359 e. The molecule has 0 spiro atoms. The second kappa shape index (κ2) is 4.65. The van der Waals surface area contributed by atoms with Gasteiger partial charge in [-0.3, -0.25) is 0 Å². The smallest absolute Gasteiger partial charge is 0.0359 e. The lowest BCUT2D eigenvalue weighted by Gasteiger charge is -2.22. The Kier molecular flexibility index (Phi) is 3.25. The summed E-state index contributed by atoms with van der Waals surface area (Å²) in [4.78, 5) is 3.35. The topological polar surface area (TPSA) is 27.8 Å². The van der Waals surface area contributed by atoms with Crippen molar-refractivity contribution in [2.24, 2.45) is 0 Å². The number of aryl methyl sites for hydroxylation is 1. The van der Waals surface area contributed by atoms with E-state index in [2.05, 4.69) is 29.4 Å². The van der Waals surface area contributed by atoms with Crippen molar-refractivity contribution in [2.45, 2.75) is 51.6 Å². The molecule has 2 nitrogen and oxygen atoms in total. The van der Waals surface area contributed by atoms with Crippen molar-refractivity contribution < 1.29 is 0 Å². The van der Waals surface area contributed by atoms with E-state index in [-0.39, 0.29) is 0 Å². The normalized spacial score (nSPS) is 18.6. The van der Waals surface area contributed by atoms with Gasteiger partial charge in [-0.15, -0.1) is 0 Å². The molecule has 1 aliphatic rings. The van der Waals surface area contributed by atoms with Gasteiger partial charge in [-0.1, -0.05) is 19.3 Å². The summed E-state index contributed by atoms with van der Waals surface area (Å²) >= 11 is 0. The minimum Gasteiger partial charge on any atom is -0.361 e. The van der Waals surface area contributed by atoms with Gasteiger partial charge in [-0.2, -0.15) is 0 Å². The van der Waals surface area contributed by atoms with Crippen LogP contribution in [0.15, 0.2) is 12.1 Å². The van der Waals surface area contributed by atoms with Gasteiger partial charge in [0.1, 0.15) is 0 Å². The van der Waals surface area contributed by atoms with E-state index in [0.717, 1.165) is 12.6 Å². The molecule has 1 aliphatic carbocycles. The molecule has 0 radical (unpaired) electrons. The van der Waals surface area contributed by atoms with E-state index in [0.29, 0.717) is 0 Å². The average molecular weight is 192 g/mol. The van der Waals surface area contributed by atoms with Crippen molar-refractivity contribution in [1.29, 1.82) is 0 Å². The molecule has 78 valence electrons. The van der Waals surface area contributed by atoms with Crippen LogP contribution in [-0.4, -0.2) is 11.0 Å². The lowest BCUT2D eigenvalue weighted by molar-refractivity contribution is 0.371. The van der Waals surface area contributed by atoms with Crippen molar-refractivity contribution in [3.05, 3.63) is 23.5 Å². The fraction of sp³-hybridized carbons (Fsp3) is 0.667. The van der Waals surface area contributed by atoms with E-state index in [1.54, 1.807) is 0 Å². The van der Waals surface area contributed by atoms with Crippen LogP contribution in [0.25, 0.3) is 0 Å². The second-order valence-corrected chi connectivity index (χ2v) is 4.38. The Labute approximate surface area is 86.1 Å². The summed E-state index contributed by atoms with van der Waals surface area (Å²) in [5, 5.41) is 3.62. The highest BCUT2D eigenvalue weighted by Gasteiger charge is 2.12. The Morgan fingerprint density at radius 1 is 1.29 bits per heavy atom. The Bertz CT molecular complexity index is 272. The van der Waals surface area contributed by atoms with Crippen LogP contribution < -0.4 is 5.32 Å². The zero-order chi connectivity index (χ0) is 9.80. The summed E-state index contributed by atoms with van der Waals surface area (Å²) in [6, 6.07) is 5.07. The third-order valence-corrected chi connectivity index (χ3v) is 3.08. The maximum absolute atomic E-state index is 3.62. The van der Waals surface area contributed by atoms with Crippen LogP contribution in [0.5, 0.6) is 0 Å². The molecule has 0 unspecified atom stereocenters. The maximum atomic E-state index is 3.62. The van der Waals surface area contributed by atoms with Crippen molar-refractivity contribution in [2.75, 3.05) is 0 Å². The summed E-state index contributed by atoms with van der Waals surface area (Å²) < 4.78 is 0. The van der Waals surface area contributed by atoms with E-state index in [1.165, 1.54) is 43.5 Å². The summed E-state index contributed by atoms with van der Waals surface area (Å²) in [6.45, 7) is 3.10. The zero-order valence-corrected chi connectivity index (χ0v) is 8.97. The van der Waals surface area contributed by atoms with Gasteiger partial charge in [0.25, 0.3) is 0 Å². The number of rotatable bonds is 3. The lowest BCUT2D eigenvalue weighted by Crippen LogP contribution is -2.30. The minimum atomic E-state index is 0.757. The van der Waals surface area contributed by atoms with Crippen LogP contribution in [-0.2, 0) is 6.54 Å². The number of hydrogen-bond donors (Lipinski definition) is 2. The third-order valence-electron chi connectivity index (χ3n) is 3.08. The van der Waals surface area contributed by atoms with E-state index in [9.17, 15) is 0 Å². The van der Waals surface area contributed by atoms with Crippen LogP contribution in [0.3, 0.4) is 0 Å². The molecule has 2 rings (SSSR count). The highest BCUT2D eigenvalue weighted by atomic mass is 14.9. The average Bonchev–Trinajstić information content (AvgIpc) is 2.63. The monoisotopic (exact) mass is 192 g/mol. The summed E-state index contributed by atoms with van der Waals surface area (Å²) in [6.07, 6.45) is 6.96. The minimum absolute atomic E-state index is 0.757. The number of nitrogens with one attached hydrogen (secondary N) is 2. The highest BCUT2D eigenvalue weighted by Crippen LogP contribution is 2.17. The molecular weight excluding hydrogens is 172 g/mol. The quantitative estimate of drug-likeness (QED) is 0.757. The molecule has 2 heteroatoms. The molecule has 0 aromatic carbocycles. The first-order valence-corrected chi connectivity index (χ1v) is 5.72. The Balaban J connectivity index is 1.76. The molecule has 1 aromatic heterocycles. The number of H-pyrrole nitrogens is 1. The fourth-order valence-electron chi connectivity index (χ4n) is 2.23. The summed E-state index contributed by atoms with van der Waals surface area (Å²) in [7, 11) is 0. The standard InChI is InChI=1S/C12H20N2/c1-10-7-8-12(14-10)9-13-11-5-3-2-4-6-11/h7-8,11,13-14H,2-6,9H2,1H3.